The highest BCUT2D eigenvalue weighted by Gasteiger charge is 2.26. The van der Waals surface area contributed by atoms with Crippen molar-refractivity contribution in [3.8, 4) is 0 Å². The third-order valence-corrected chi connectivity index (χ3v) is 4.67. The fourth-order valence-corrected chi connectivity index (χ4v) is 3.11. The molecule has 2 N–H and O–H groups in total. The molecule has 1 unspecified atom stereocenters. The molecule has 23 heavy (non-hydrogen) atoms. The van der Waals surface area contributed by atoms with Crippen molar-refractivity contribution in [1.29, 1.82) is 0 Å². The molecular formula is C18H17BrN2O2. The van der Waals surface area contributed by atoms with Gasteiger partial charge in [-0.05, 0) is 52.5 Å². The van der Waals surface area contributed by atoms with Crippen molar-refractivity contribution in [1.82, 2.24) is 0 Å². The predicted molar refractivity (Wildman–Crippen MR) is 94.3 cm³/mol. The van der Waals surface area contributed by atoms with Crippen molar-refractivity contribution in [2.45, 2.75) is 19.3 Å². The Labute approximate surface area is 143 Å². The van der Waals surface area contributed by atoms with E-state index in [-0.39, 0.29) is 17.7 Å². The lowest BCUT2D eigenvalue weighted by Gasteiger charge is -2.24. The van der Waals surface area contributed by atoms with Crippen molar-refractivity contribution < 1.29 is 9.59 Å². The molecule has 0 aromatic heterocycles. The van der Waals surface area contributed by atoms with Crippen LogP contribution in [0.4, 0.5) is 11.4 Å². The number of rotatable bonds is 4. The second-order valence-electron chi connectivity index (χ2n) is 5.61. The van der Waals surface area contributed by atoms with Gasteiger partial charge in [-0.1, -0.05) is 30.3 Å². The quantitative estimate of drug-likeness (QED) is 0.852. The zero-order valence-electron chi connectivity index (χ0n) is 12.5. The second kappa shape index (κ2) is 6.96. The number of fused-ring (bicyclic) bond motifs is 1. The Balaban J connectivity index is 1.57. The van der Waals surface area contributed by atoms with E-state index in [2.05, 4.69) is 26.6 Å². The van der Waals surface area contributed by atoms with E-state index in [0.29, 0.717) is 19.3 Å². The summed E-state index contributed by atoms with van der Waals surface area (Å²) in [5.74, 6) is -0.240. The van der Waals surface area contributed by atoms with Crippen LogP contribution in [0.15, 0.2) is 53.0 Å². The number of halogens is 1. The van der Waals surface area contributed by atoms with E-state index in [1.165, 1.54) is 0 Å². The third-order valence-electron chi connectivity index (χ3n) is 3.98. The first-order chi connectivity index (χ1) is 11.1. The maximum Gasteiger partial charge on any atom is 0.227 e. The molecule has 1 aliphatic heterocycles. The molecule has 2 amide bonds. The van der Waals surface area contributed by atoms with Crippen LogP contribution in [-0.4, -0.2) is 11.8 Å². The molecule has 3 rings (SSSR count). The number of anilines is 2. The summed E-state index contributed by atoms with van der Waals surface area (Å²) in [7, 11) is 0. The first-order valence-electron chi connectivity index (χ1n) is 7.56. The largest absolute Gasteiger partial charge is 0.326 e. The Bertz CT molecular complexity index is 745. The highest BCUT2D eigenvalue weighted by molar-refractivity contribution is 9.10. The normalized spacial score (nSPS) is 16.4. The molecule has 0 aliphatic carbocycles. The van der Waals surface area contributed by atoms with Crippen LogP contribution in [0.1, 0.15) is 18.4 Å². The maximum atomic E-state index is 12.1. The fraction of sp³-hybridized carbons (Fsp3) is 0.222. The van der Waals surface area contributed by atoms with Gasteiger partial charge in [-0.15, -0.1) is 0 Å². The van der Waals surface area contributed by atoms with Gasteiger partial charge in [0.1, 0.15) is 0 Å². The highest BCUT2D eigenvalue weighted by atomic mass is 79.9. The Hall–Kier alpha value is -2.14. The summed E-state index contributed by atoms with van der Waals surface area (Å²) < 4.78 is 0.845. The molecule has 4 nitrogen and oxygen atoms in total. The Morgan fingerprint density at radius 3 is 2.74 bits per heavy atom. The number of carbonyl (C=O) groups excluding carboxylic acids is 2. The number of hydrogen-bond acceptors (Lipinski definition) is 2. The van der Waals surface area contributed by atoms with Crippen LogP contribution in [-0.2, 0) is 16.0 Å². The number of hydrogen-bond donors (Lipinski definition) is 2. The van der Waals surface area contributed by atoms with Crippen LogP contribution in [0.2, 0.25) is 0 Å². The van der Waals surface area contributed by atoms with Gasteiger partial charge < -0.3 is 10.6 Å². The highest BCUT2D eigenvalue weighted by Crippen LogP contribution is 2.28. The van der Waals surface area contributed by atoms with Crippen molar-refractivity contribution in [2.75, 3.05) is 10.6 Å². The molecule has 0 saturated heterocycles. The smallest absolute Gasteiger partial charge is 0.227 e. The van der Waals surface area contributed by atoms with Gasteiger partial charge in [0.05, 0.1) is 5.69 Å². The van der Waals surface area contributed by atoms with Crippen LogP contribution in [0.3, 0.4) is 0 Å². The molecule has 118 valence electrons. The maximum absolute atomic E-state index is 12.1. The summed E-state index contributed by atoms with van der Waals surface area (Å²) in [6.45, 7) is 0. The summed E-state index contributed by atoms with van der Waals surface area (Å²) in [5.41, 5.74) is 2.76. The molecule has 0 fully saturated rings. The average molecular weight is 373 g/mol. The second-order valence-corrected chi connectivity index (χ2v) is 6.47. The molecule has 1 aliphatic rings. The molecule has 2 aromatic rings. The number of para-hydroxylation sites is 2. The Kier molecular flexibility index (Phi) is 4.76. The van der Waals surface area contributed by atoms with E-state index in [4.69, 9.17) is 0 Å². The first-order valence-corrected chi connectivity index (χ1v) is 8.36. The minimum Gasteiger partial charge on any atom is -0.326 e. The zero-order chi connectivity index (χ0) is 16.2. The zero-order valence-corrected chi connectivity index (χ0v) is 14.1. The van der Waals surface area contributed by atoms with E-state index >= 15 is 0 Å². The molecule has 2 aromatic carbocycles. The minimum absolute atomic E-state index is 0.00242. The Morgan fingerprint density at radius 1 is 1.17 bits per heavy atom. The molecule has 1 atom stereocenters. The fourth-order valence-electron chi connectivity index (χ4n) is 2.73. The van der Waals surface area contributed by atoms with Gasteiger partial charge in [-0.3, -0.25) is 9.59 Å². The van der Waals surface area contributed by atoms with Crippen LogP contribution >= 0.6 is 15.9 Å². The summed E-state index contributed by atoms with van der Waals surface area (Å²) >= 11 is 3.40. The third kappa shape index (κ3) is 3.79. The molecular weight excluding hydrogens is 356 g/mol. The molecule has 0 saturated carbocycles. The molecule has 5 heteroatoms. The van der Waals surface area contributed by atoms with Crippen molar-refractivity contribution in [3.63, 3.8) is 0 Å². The average Bonchev–Trinajstić information content (AvgIpc) is 2.55. The van der Waals surface area contributed by atoms with Gasteiger partial charge in [0, 0.05) is 22.5 Å². The van der Waals surface area contributed by atoms with Crippen molar-refractivity contribution in [3.05, 3.63) is 58.6 Å². The van der Waals surface area contributed by atoms with Gasteiger partial charge >= 0.3 is 0 Å². The van der Waals surface area contributed by atoms with E-state index in [1.54, 1.807) is 0 Å². The molecule has 0 radical (unpaired) electrons. The lowest BCUT2D eigenvalue weighted by molar-refractivity contribution is -0.121. The Morgan fingerprint density at radius 2 is 1.91 bits per heavy atom. The molecule has 0 spiro atoms. The standard InChI is InChI=1S/C18H17BrN2O2/c19-14-6-2-4-8-16(14)20-17(22)10-9-13-11-12-5-1-3-7-15(12)21-18(13)23/h1-8,13H,9-11H2,(H,20,22)(H,21,23). The van der Waals surface area contributed by atoms with E-state index in [1.807, 2.05) is 48.5 Å². The van der Waals surface area contributed by atoms with Gasteiger partial charge in [-0.25, -0.2) is 0 Å². The van der Waals surface area contributed by atoms with E-state index in [9.17, 15) is 9.59 Å². The number of amides is 2. The number of nitrogens with one attached hydrogen (secondary N) is 2. The lowest BCUT2D eigenvalue weighted by Crippen LogP contribution is -2.30. The predicted octanol–water partition coefficient (Wildman–Crippen LogP) is 3.98. The number of benzene rings is 2. The van der Waals surface area contributed by atoms with Crippen molar-refractivity contribution in [2.24, 2.45) is 5.92 Å². The summed E-state index contributed by atoms with van der Waals surface area (Å²) in [6, 6.07) is 15.3. The minimum atomic E-state index is -0.158. The van der Waals surface area contributed by atoms with Crippen molar-refractivity contribution >= 4 is 39.1 Å². The monoisotopic (exact) mass is 372 g/mol. The van der Waals surface area contributed by atoms with Gasteiger partial charge in [0.15, 0.2) is 0 Å². The molecule has 0 bridgehead atoms. The summed E-state index contributed by atoms with van der Waals surface area (Å²) in [6.07, 6.45) is 1.54. The van der Waals surface area contributed by atoms with Crippen LogP contribution in [0.5, 0.6) is 0 Å². The van der Waals surface area contributed by atoms with Gasteiger partial charge in [0.2, 0.25) is 11.8 Å². The first kappa shape index (κ1) is 15.7. The van der Waals surface area contributed by atoms with Gasteiger partial charge in [-0.2, -0.15) is 0 Å². The lowest BCUT2D eigenvalue weighted by atomic mass is 9.89. The van der Waals surface area contributed by atoms with E-state index in [0.717, 1.165) is 21.4 Å². The van der Waals surface area contributed by atoms with E-state index < -0.39 is 0 Å². The summed E-state index contributed by atoms with van der Waals surface area (Å²) in [4.78, 5) is 24.2. The van der Waals surface area contributed by atoms with Gasteiger partial charge in [0.25, 0.3) is 0 Å². The van der Waals surface area contributed by atoms with Crippen LogP contribution in [0, 0.1) is 5.92 Å². The van der Waals surface area contributed by atoms with Crippen LogP contribution in [0.25, 0.3) is 0 Å². The molecule has 1 heterocycles. The topological polar surface area (TPSA) is 58.2 Å². The number of carbonyl (C=O) groups is 2. The summed E-state index contributed by atoms with van der Waals surface area (Å²) in [5, 5.41) is 5.78. The SMILES string of the molecule is O=C(CCC1Cc2ccccc2NC1=O)Nc1ccccc1Br. The van der Waals surface area contributed by atoms with Crippen LogP contribution < -0.4 is 10.6 Å².